The van der Waals surface area contributed by atoms with E-state index in [1.165, 1.54) is 0 Å². The number of hydrogen-bond donors (Lipinski definition) is 0. The van der Waals surface area contributed by atoms with Gasteiger partial charge in [0.15, 0.2) is 5.82 Å². The molecule has 2 aromatic carbocycles. The van der Waals surface area contributed by atoms with Crippen molar-refractivity contribution >= 4 is 45.8 Å². The monoisotopic (exact) mass is 575 g/mol. The maximum atomic E-state index is 13.4. The quantitative estimate of drug-likeness (QED) is 0.236. The molecule has 1 saturated heterocycles. The normalized spacial score (nSPS) is 14.9. The molecular weight excluding hydrogens is 541 g/mol. The lowest BCUT2D eigenvalue weighted by Crippen LogP contribution is -2.47. The Kier molecular flexibility index (Phi) is 8.89. The van der Waals surface area contributed by atoms with Crippen LogP contribution in [0.5, 0.6) is 0 Å². The van der Waals surface area contributed by atoms with E-state index in [0.29, 0.717) is 16.6 Å². The molecule has 1 aliphatic rings. The molecule has 0 N–H and O–H groups in total. The molecule has 208 valence electrons. The summed E-state index contributed by atoms with van der Waals surface area (Å²) >= 11 is 12.6. The second-order valence-corrected chi connectivity index (χ2v) is 11.6. The zero-order valence-corrected chi connectivity index (χ0v) is 24.8. The van der Waals surface area contributed by atoms with Gasteiger partial charge in [0.2, 0.25) is 0 Å². The molecule has 1 atom stereocenters. The number of halogens is 2. The molecular formula is C32H35Cl2N5O. The number of nitrogens with zero attached hydrogens (tertiary/aromatic N) is 5. The number of piperazine rings is 1. The Morgan fingerprint density at radius 2 is 1.68 bits per heavy atom. The lowest BCUT2D eigenvalue weighted by Gasteiger charge is -2.36. The number of carbonyl (C=O) groups is 1. The summed E-state index contributed by atoms with van der Waals surface area (Å²) in [5.41, 5.74) is 4.95. The van der Waals surface area contributed by atoms with Crippen molar-refractivity contribution in [3.05, 3.63) is 99.3 Å². The Bertz CT molecular complexity index is 1480. The minimum Gasteiger partial charge on any atom is -0.352 e. The van der Waals surface area contributed by atoms with Crippen molar-refractivity contribution in [3.63, 3.8) is 0 Å². The Morgan fingerprint density at radius 1 is 0.925 bits per heavy atom. The maximum Gasteiger partial charge on any atom is 0.253 e. The lowest BCUT2D eigenvalue weighted by molar-refractivity contribution is 0.0782. The van der Waals surface area contributed by atoms with Crippen LogP contribution in [0.4, 0.5) is 5.82 Å². The van der Waals surface area contributed by atoms with Crippen LogP contribution >= 0.6 is 23.2 Å². The zero-order valence-electron chi connectivity index (χ0n) is 23.3. The number of benzene rings is 2. The van der Waals surface area contributed by atoms with E-state index in [0.717, 1.165) is 78.1 Å². The van der Waals surface area contributed by atoms with Gasteiger partial charge in [0.05, 0.1) is 10.0 Å². The van der Waals surface area contributed by atoms with Crippen LogP contribution in [-0.2, 0) is 0 Å². The van der Waals surface area contributed by atoms with Crippen molar-refractivity contribution in [2.24, 2.45) is 0 Å². The number of carbonyl (C=O) groups excluding carboxylic acids is 1. The van der Waals surface area contributed by atoms with Gasteiger partial charge >= 0.3 is 0 Å². The molecule has 5 rings (SSSR count). The third-order valence-corrected chi connectivity index (χ3v) is 8.43. The minimum absolute atomic E-state index is 0.0293. The van der Waals surface area contributed by atoms with Gasteiger partial charge in [-0.2, -0.15) is 0 Å². The predicted molar refractivity (Wildman–Crippen MR) is 165 cm³/mol. The number of pyridine rings is 2. The third kappa shape index (κ3) is 6.57. The molecule has 40 heavy (non-hydrogen) atoms. The van der Waals surface area contributed by atoms with Crippen molar-refractivity contribution in [1.29, 1.82) is 0 Å². The molecule has 1 fully saturated rings. The highest BCUT2D eigenvalue weighted by molar-refractivity contribution is 6.42. The fraction of sp³-hybridized carbons (Fsp3) is 0.344. The molecule has 6 nitrogen and oxygen atoms in total. The summed E-state index contributed by atoms with van der Waals surface area (Å²) in [6, 6.07) is 17.9. The first kappa shape index (κ1) is 28.3. The van der Waals surface area contributed by atoms with E-state index in [1.807, 2.05) is 80.7 Å². The van der Waals surface area contributed by atoms with Crippen molar-refractivity contribution in [1.82, 2.24) is 19.8 Å². The molecule has 0 aliphatic carbocycles. The van der Waals surface area contributed by atoms with Crippen molar-refractivity contribution in [2.75, 3.05) is 51.2 Å². The van der Waals surface area contributed by atoms with Crippen molar-refractivity contribution in [2.45, 2.75) is 26.2 Å². The number of amides is 1. The summed E-state index contributed by atoms with van der Waals surface area (Å²) in [4.78, 5) is 29.3. The summed E-state index contributed by atoms with van der Waals surface area (Å²) in [6.45, 7) is 9.23. The van der Waals surface area contributed by atoms with E-state index in [-0.39, 0.29) is 11.8 Å². The zero-order chi connectivity index (χ0) is 28.2. The summed E-state index contributed by atoms with van der Waals surface area (Å²) in [7, 11) is 1.88. The first-order valence-corrected chi connectivity index (χ1v) is 14.5. The number of rotatable bonds is 8. The molecule has 1 aliphatic heterocycles. The van der Waals surface area contributed by atoms with Gasteiger partial charge in [0.1, 0.15) is 5.52 Å². The molecule has 2 aromatic heterocycles. The summed E-state index contributed by atoms with van der Waals surface area (Å²) in [5, 5.41) is 2.19. The lowest BCUT2D eigenvalue weighted by atomic mass is 9.94. The van der Waals surface area contributed by atoms with Gasteiger partial charge in [-0.1, -0.05) is 52.5 Å². The van der Waals surface area contributed by atoms with Crippen LogP contribution in [0.1, 0.15) is 39.4 Å². The molecule has 0 saturated carbocycles. The van der Waals surface area contributed by atoms with E-state index in [1.54, 1.807) is 0 Å². The van der Waals surface area contributed by atoms with E-state index in [4.69, 9.17) is 23.2 Å². The molecule has 0 bridgehead atoms. The molecule has 8 heteroatoms. The number of likely N-dealkylation sites (N-methyl/N-ethyl adjacent to an activating group) is 1. The van der Waals surface area contributed by atoms with E-state index < -0.39 is 0 Å². The largest absolute Gasteiger partial charge is 0.352 e. The van der Waals surface area contributed by atoms with Crippen LogP contribution in [-0.4, -0.2) is 72.0 Å². The molecule has 0 unspecified atom stereocenters. The molecule has 0 spiro atoms. The van der Waals surface area contributed by atoms with Gasteiger partial charge in [-0.25, -0.2) is 4.98 Å². The highest BCUT2D eigenvalue weighted by atomic mass is 35.5. The van der Waals surface area contributed by atoms with Crippen LogP contribution in [0.25, 0.3) is 10.9 Å². The van der Waals surface area contributed by atoms with Gasteiger partial charge in [-0.05, 0) is 68.8 Å². The highest BCUT2D eigenvalue weighted by Crippen LogP contribution is 2.30. The minimum atomic E-state index is 0.0293. The average Bonchev–Trinajstić information content (AvgIpc) is 2.95. The second kappa shape index (κ2) is 12.5. The number of aromatic nitrogens is 2. The molecule has 4 aromatic rings. The maximum absolute atomic E-state index is 13.4. The van der Waals surface area contributed by atoms with Gasteiger partial charge in [-0.3, -0.25) is 14.7 Å². The fourth-order valence-electron chi connectivity index (χ4n) is 5.60. The summed E-state index contributed by atoms with van der Waals surface area (Å²) in [5.74, 6) is 1.11. The first-order chi connectivity index (χ1) is 19.3. The number of aryl methyl sites for hydroxylation is 2. The van der Waals surface area contributed by atoms with Crippen LogP contribution < -0.4 is 4.90 Å². The number of anilines is 1. The third-order valence-electron chi connectivity index (χ3n) is 7.69. The summed E-state index contributed by atoms with van der Waals surface area (Å²) in [6.07, 6.45) is 4.59. The van der Waals surface area contributed by atoms with Crippen molar-refractivity contribution < 1.29 is 4.79 Å². The second-order valence-electron chi connectivity index (χ2n) is 10.8. The Balaban J connectivity index is 1.26. The van der Waals surface area contributed by atoms with Gasteiger partial charge in [-0.15, -0.1) is 0 Å². The van der Waals surface area contributed by atoms with Crippen LogP contribution in [0.15, 0.2) is 67.0 Å². The molecule has 1 amide bonds. The van der Waals surface area contributed by atoms with E-state index >= 15 is 0 Å². The van der Waals surface area contributed by atoms with E-state index in [2.05, 4.69) is 31.9 Å². The predicted octanol–water partition coefficient (Wildman–Crippen LogP) is 6.62. The number of fused-ring (bicyclic) bond motifs is 1. The van der Waals surface area contributed by atoms with Crippen LogP contribution in [0.3, 0.4) is 0 Å². The molecule has 0 radical (unpaired) electrons. The fourth-order valence-corrected chi connectivity index (χ4v) is 5.91. The standard InChI is InChI=1S/C32H35Cl2N5O/c1-22-17-23(2)19-27(18-22)32(40)37(3)21-26(25-6-7-28(33)29(34)20-25)9-12-38-13-15-39(16-14-38)31-30-24(8-11-36-31)5-4-10-35-30/h4-8,10-11,17-20,26H,9,12-16,21H2,1-3H3/t26-/m1/s1. The highest BCUT2D eigenvalue weighted by Gasteiger charge is 2.24. The SMILES string of the molecule is Cc1cc(C)cc(C(=O)N(C)C[C@@H](CCN2CCN(c3nccc4cccnc34)CC2)c2ccc(Cl)c(Cl)c2)c1. The Hall–Kier alpha value is -3.19. The van der Waals surface area contributed by atoms with Gasteiger partial charge in [0, 0.05) is 69.0 Å². The van der Waals surface area contributed by atoms with E-state index in [9.17, 15) is 4.79 Å². The Morgan fingerprint density at radius 3 is 2.40 bits per heavy atom. The van der Waals surface area contributed by atoms with Crippen LogP contribution in [0.2, 0.25) is 10.0 Å². The van der Waals surface area contributed by atoms with Gasteiger partial charge in [0.25, 0.3) is 5.91 Å². The average molecular weight is 577 g/mol. The summed E-state index contributed by atoms with van der Waals surface area (Å²) < 4.78 is 0. The van der Waals surface area contributed by atoms with Crippen LogP contribution in [0, 0.1) is 13.8 Å². The van der Waals surface area contributed by atoms with Crippen molar-refractivity contribution in [3.8, 4) is 0 Å². The smallest absolute Gasteiger partial charge is 0.253 e. The number of hydrogen-bond acceptors (Lipinski definition) is 5. The first-order valence-electron chi connectivity index (χ1n) is 13.7. The molecule has 3 heterocycles. The van der Waals surface area contributed by atoms with Gasteiger partial charge < -0.3 is 9.80 Å². The topological polar surface area (TPSA) is 52.6 Å². The Labute approximate surface area is 246 Å².